The van der Waals surface area contributed by atoms with Gasteiger partial charge in [-0.15, -0.1) is 19.7 Å². The molecule has 0 saturated carbocycles. The molecule has 6 heteroatoms. The zero-order valence-electron chi connectivity index (χ0n) is 11.5. The highest BCUT2D eigenvalue weighted by Gasteiger charge is 2.42. The van der Waals surface area contributed by atoms with Crippen LogP contribution in [0.1, 0.15) is 19.8 Å². The van der Waals surface area contributed by atoms with Crippen molar-refractivity contribution in [1.29, 1.82) is 0 Å². The standard InChI is InChI=1S/C12H14N2O4.C2H4/c1-3-8-5-10(16)14(12(8)18)6-13-9(15)4-7(2)11(13)17;1-2/h3,7-8H,1,4-6H2,2H3;1-2H2. The van der Waals surface area contributed by atoms with Crippen LogP contribution in [0.3, 0.4) is 0 Å². The molecular formula is C14H18N2O4. The summed E-state index contributed by atoms with van der Waals surface area (Å²) in [5.41, 5.74) is 0. The average molecular weight is 278 g/mol. The maximum atomic E-state index is 11.8. The molecule has 2 saturated heterocycles. The Hall–Kier alpha value is -2.24. The van der Waals surface area contributed by atoms with E-state index in [1.807, 2.05) is 0 Å². The Kier molecular flexibility index (Phi) is 4.96. The van der Waals surface area contributed by atoms with Crippen molar-refractivity contribution in [3.8, 4) is 0 Å². The van der Waals surface area contributed by atoms with Crippen LogP contribution in [-0.2, 0) is 19.2 Å². The van der Waals surface area contributed by atoms with Gasteiger partial charge < -0.3 is 0 Å². The van der Waals surface area contributed by atoms with E-state index in [-0.39, 0.29) is 43.1 Å². The second kappa shape index (κ2) is 6.27. The molecule has 0 radical (unpaired) electrons. The molecule has 0 aromatic rings. The van der Waals surface area contributed by atoms with Crippen LogP contribution >= 0.6 is 0 Å². The Morgan fingerprint density at radius 2 is 1.55 bits per heavy atom. The summed E-state index contributed by atoms with van der Waals surface area (Å²) in [6, 6.07) is 0. The summed E-state index contributed by atoms with van der Waals surface area (Å²) < 4.78 is 0. The molecule has 2 fully saturated rings. The summed E-state index contributed by atoms with van der Waals surface area (Å²) in [7, 11) is 0. The first-order valence-corrected chi connectivity index (χ1v) is 6.26. The molecule has 2 rings (SSSR count). The summed E-state index contributed by atoms with van der Waals surface area (Å²) >= 11 is 0. The second-order valence-electron chi connectivity index (χ2n) is 4.61. The van der Waals surface area contributed by atoms with Crippen molar-refractivity contribution < 1.29 is 19.2 Å². The molecule has 0 bridgehead atoms. The molecule has 4 amide bonds. The van der Waals surface area contributed by atoms with Crippen LogP contribution in [0.5, 0.6) is 0 Å². The summed E-state index contributed by atoms with van der Waals surface area (Å²) in [4.78, 5) is 48.7. The molecule has 0 aromatic heterocycles. The third kappa shape index (κ3) is 2.68. The molecule has 2 aliphatic rings. The summed E-state index contributed by atoms with van der Waals surface area (Å²) in [5.74, 6) is -2.35. The Morgan fingerprint density at radius 3 is 1.95 bits per heavy atom. The third-order valence-electron chi connectivity index (χ3n) is 3.32. The van der Waals surface area contributed by atoms with Gasteiger partial charge in [0.25, 0.3) is 0 Å². The number of amides is 4. The number of carbonyl (C=O) groups is 4. The zero-order valence-corrected chi connectivity index (χ0v) is 11.5. The maximum absolute atomic E-state index is 11.8. The van der Waals surface area contributed by atoms with E-state index in [0.717, 1.165) is 9.80 Å². The van der Waals surface area contributed by atoms with Crippen LogP contribution in [0.15, 0.2) is 25.8 Å². The van der Waals surface area contributed by atoms with Gasteiger partial charge in [-0.25, -0.2) is 0 Å². The highest BCUT2D eigenvalue weighted by atomic mass is 16.2. The molecule has 0 aromatic carbocycles. The van der Waals surface area contributed by atoms with Crippen LogP contribution < -0.4 is 0 Å². The Balaban J connectivity index is 0.000000956. The first kappa shape index (κ1) is 15.8. The van der Waals surface area contributed by atoms with Gasteiger partial charge in [0.15, 0.2) is 0 Å². The van der Waals surface area contributed by atoms with Crippen molar-refractivity contribution in [2.24, 2.45) is 11.8 Å². The lowest BCUT2D eigenvalue weighted by atomic mass is 10.1. The first-order chi connectivity index (χ1) is 9.45. The van der Waals surface area contributed by atoms with E-state index in [4.69, 9.17) is 0 Å². The smallest absolute Gasteiger partial charge is 0.238 e. The number of nitrogens with zero attached hydrogens (tertiary/aromatic N) is 2. The Morgan fingerprint density at radius 1 is 1.05 bits per heavy atom. The van der Waals surface area contributed by atoms with E-state index in [2.05, 4.69) is 19.7 Å². The molecule has 0 aliphatic carbocycles. The predicted molar refractivity (Wildman–Crippen MR) is 71.9 cm³/mol. The molecule has 2 unspecified atom stereocenters. The largest absolute Gasteiger partial charge is 0.274 e. The van der Waals surface area contributed by atoms with Crippen LogP contribution in [0, 0.1) is 11.8 Å². The van der Waals surface area contributed by atoms with Crippen LogP contribution in [-0.4, -0.2) is 40.1 Å². The van der Waals surface area contributed by atoms with E-state index >= 15 is 0 Å². The highest BCUT2D eigenvalue weighted by Crippen LogP contribution is 2.24. The number of hydrogen-bond acceptors (Lipinski definition) is 4. The quantitative estimate of drug-likeness (QED) is 0.562. The van der Waals surface area contributed by atoms with Gasteiger partial charge in [0.2, 0.25) is 23.6 Å². The van der Waals surface area contributed by atoms with Crippen molar-refractivity contribution in [2.45, 2.75) is 19.8 Å². The molecule has 0 spiro atoms. The average Bonchev–Trinajstić information content (AvgIpc) is 2.84. The van der Waals surface area contributed by atoms with E-state index in [0.29, 0.717) is 0 Å². The van der Waals surface area contributed by atoms with Gasteiger partial charge in [-0.3, -0.25) is 29.0 Å². The fourth-order valence-corrected chi connectivity index (χ4v) is 2.18. The van der Waals surface area contributed by atoms with Gasteiger partial charge in [-0.1, -0.05) is 13.0 Å². The third-order valence-corrected chi connectivity index (χ3v) is 3.32. The SMILES string of the molecule is C=C.C=CC1CC(=O)N(CN2C(=O)CC(C)C2=O)C1=O. The van der Waals surface area contributed by atoms with Crippen molar-refractivity contribution in [1.82, 2.24) is 9.80 Å². The van der Waals surface area contributed by atoms with Gasteiger partial charge in [0.1, 0.15) is 6.67 Å². The minimum Gasteiger partial charge on any atom is -0.274 e. The molecule has 2 aliphatic heterocycles. The van der Waals surface area contributed by atoms with Crippen molar-refractivity contribution >= 4 is 23.6 Å². The summed E-state index contributed by atoms with van der Waals surface area (Å²) in [6.07, 6.45) is 1.62. The highest BCUT2D eigenvalue weighted by molar-refractivity contribution is 6.07. The fourth-order valence-electron chi connectivity index (χ4n) is 2.18. The van der Waals surface area contributed by atoms with Crippen LogP contribution in [0.2, 0.25) is 0 Å². The van der Waals surface area contributed by atoms with E-state index < -0.39 is 11.8 Å². The van der Waals surface area contributed by atoms with Gasteiger partial charge in [0, 0.05) is 18.8 Å². The predicted octanol–water partition coefficient (Wildman–Crippen LogP) is 0.702. The van der Waals surface area contributed by atoms with Crippen LogP contribution in [0.4, 0.5) is 0 Å². The summed E-state index contributed by atoms with van der Waals surface area (Å²) in [5, 5.41) is 0. The lowest BCUT2D eigenvalue weighted by Crippen LogP contribution is -2.44. The Labute approximate surface area is 117 Å². The second-order valence-corrected chi connectivity index (χ2v) is 4.61. The summed E-state index contributed by atoms with van der Waals surface area (Å²) in [6.45, 7) is 10.9. The number of likely N-dealkylation sites (tertiary alicyclic amines) is 2. The minimum atomic E-state index is -0.539. The molecule has 20 heavy (non-hydrogen) atoms. The number of carbonyl (C=O) groups excluding carboxylic acids is 4. The zero-order chi connectivity index (χ0) is 15.4. The van der Waals surface area contributed by atoms with Gasteiger partial charge in [-0.05, 0) is 0 Å². The first-order valence-electron chi connectivity index (χ1n) is 6.26. The van der Waals surface area contributed by atoms with Gasteiger partial charge in [-0.2, -0.15) is 0 Å². The van der Waals surface area contributed by atoms with Crippen LogP contribution in [0.25, 0.3) is 0 Å². The molecule has 0 N–H and O–H groups in total. The van der Waals surface area contributed by atoms with Crippen molar-refractivity contribution in [3.63, 3.8) is 0 Å². The molecule has 2 heterocycles. The number of rotatable bonds is 3. The van der Waals surface area contributed by atoms with E-state index in [1.54, 1.807) is 6.92 Å². The normalized spacial score (nSPS) is 25.9. The molecule has 108 valence electrons. The molecule has 2 atom stereocenters. The molecule has 6 nitrogen and oxygen atoms in total. The number of hydrogen-bond donors (Lipinski definition) is 0. The lowest BCUT2D eigenvalue weighted by Gasteiger charge is -2.21. The number of imide groups is 2. The monoisotopic (exact) mass is 278 g/mol. The van der Waals surface area contributed by atoms with E-state index in [9.17, 15) is 19.2 Å². The van der Waals surface area contributed by atoms with Gasteiger partial charge >= 0.3 is 0 Å². The fraction of sp³-hybridized carbons (Fsp3) is 0.429. The minimum absolute atomic E-state index is 0.0636. The maximum Gasteiger partial charge on any atom is 0.238 e. The lowest BCUT2D eigenvalue weighted by molar-refractivity contribution is -0.148. The van der Waals surface area contributed by atoms with E-state index in [1.165, 1.54) is 6.08 Å². The Bertz CT molecular complexity index is 472. The van der Waals surface area contributed by atoms with Crippen molar-refractivity contribution in [2.75, 3.05) is 6.67 Å². The topological polar surface area (TPSA) is 74.8 Å². The van der Waals surface area contributed by atoms with Crippen molar-refractivity contribution in [3.05, 3.63) is 25.8 Å². The molecular weight excluding hydrogens is 260 g/mol. The van der Waals surface area contributed by atoms with Gasteiger partial charge in [0.05, 0.1) is 5.92 Å².